The predicted octanol–water partition coefficient (Wildman–Crippen LogP) is 5.21. The number of benzene rings is 2. The van der Waals surface area contributed by atoms with Gasteiger partial charge in [-0.05, 0) is 55.5 Å². The molecular formula is C17H17BrO2S. The third-order valence-electron chi connectivity index (χ3n) is 2.90. The van der Waals surface area contributed by atoms with Crippen molar-refractivity contribution < 1.29 is 9.53 Å². The Labute approximate surface area is 138 Å². The third-order valence-corrected chi connectivity index (χ3v) is 4.44. The van der Waals surface area contributed by atoms with Crippen molar-refractivity contribution in [3.8, 4) is 5.75 Å². The molecule has 0 fully saturated rings. The summed E-state index contributed by atoms with van der Waals surface area (Å²) in [4.78, 5) is 13.3. The number of thioether (sulfide) groups is 1. The van der Waals surface area contributed by atoms with Gasteiger partial charge >= 0.3 is 0 Å². The minimum atomic E-state index is 0.169. The van der Waals surface area contributed by atoms with Crippen LogP contribution in [0.5, 0.6) is 5.75 Å². The molecule has 0 unspecified atom stereocenters. The Bertz CT molecular complexity index is 579. The van der Waals surface area contributed by atoms with Crippen molar-refractivity contribution >= 4 is 33.5 Å². The van der Waals surface area contributed by atoms with E-state index in [1.54, 1.807) is 11.8 Å². The van der Waals surface area contributed by atoms with Gasteiger partial charge in [0, 0.05) is 27.1 Å². The van der Waals surface area contributed by atoms with E-state index in [1.165, 1.54) is 4.90 Å². The van der Waals surface area contributed by atoms with E-state index < -0.39 is 0 Å². The molecule has 0 spiro atoms. The summed E-state index contributed by atoms with van der Waals surface area (Å²) < 4.78 is 6.44. The van der Waals surface area contributed by atoms with Crippen molar-refractivity contribution in [3.05, 3.63) is 58.6 Å². The number of hydrogen-bond donors (Lipinski definition) is 0. The van der Waals surface area contributed by atoms with Gasteiger partial charge in [-0.25, -0.2) is 0 Å². The van der Waals surface area contributed by atoms with Crippen LogP contribution in [0.3, 0.4) is 0 Å². The number of hydrogen-bond acceptors (Lipinski definition) is 3. The molecule has 0 aliphatic rings. The molecule has 0 N–H and O–H groups in total. The molecule has 21 heavy (non-hydrogen) atoms. The van der Waals surface area contributed by atoms with Crippen LogP contribution in [0.1, 0.15) is 23.7 Å². The molecule has 2 nitrogen and oxygen atoms in total. The third kappa shape index (κ3) is 5.21. The summed E-state index contributed by atoms with van der Waals surface area (Å²) in [6.07, 6.45) is 0.536. The summed E-state index contributed by atoms with van der Waals surface area (Å²) in [5.41, 5.74) is 0.745. The summed E-state index contributed by atoms with van der Waals surface area (Å²) in [5.74, 6) is 1.76. The standard InChI is InChI=1S/C17H17BrO2S/c1-2-20-15-7-3-13(4-8-15)17(19)11-12-21-16-9-5-14(18)6-10-16/h3-10H,2,11-12H2,1H3. The highest BCUT2D eigenvalue weighted by Gasteiger charge is 2.06. The second-order valence-corrected chi connectivity index (χ2v) is 6.52. The lowest BCUT2D eigenvalue weighted by Crippen LogP contribution is -2.00. The van der Waals surface area contributed by atoms with E-state index in [4.69, 9.17) is 4.74 Å². The Morgan fingerprint density at radius 1 is 1.10 bits per heavy atom. The molecule has 110 valence electrons. The van der Waals surface area contributed by atoms with Crippen LogP contribution >= 0.6 is 27.7 Å². The summed E-state index contributed by atoms with van der Waals surface area (Å²) in [6, 6.07) is 15.5. The van der Waals surface area contributed by atoms with Gasteiger partial charge in [0.25, 0.3) is 0 Å². The minimum absolute atomic E-state index is 0.169. The number of rotatable bonds is 7. The summed E-state index contributed by atoms with van der Waals surface area (Å²) in [6.45, 7) is 2.58. The van der Waals surface area contributed by atoms with E-state index in [-0.39, 0.29) is 5.78 Å². The van der Waals surface area contributed by atoms with E-state index in [1.807, 2.05) is 43.3 Å². The van der Waals surface area contributed by atoms with Gasteiger partial charge < -0.3 is 4.74 Å². The van der Waals surface area contributed by atoms with E-state index in [0.717, 1.165) is 21.5 Å². The average molecular weight is 365 g/mol. The first kappa shape index (κ1) is 16.1. The van der Waals surface area contributed by atoms with Gasteiger partial charge in [-0.2, -0.15) is 0 Å². The maximum atomic E-state index is 12.1. The molecule has 0 heterocycles. The topological polar surface area (TPSA) is 26.3 Å². The number of ether oxygens (including phenoxy) is 1. The zero-order chi connectivity index (χ0) is 15.1. The van der Waals surface area contributed by atoms with Crippen LogP contribution in [0.4, 0.5) is 0 Å². The van der Waals surface area contributed by atoms with E-state index in [9.17, 15) is 4.79 Å². The monoisotopic (exact) mass is 364 g/mol. The van der Waals surface area contributed by atoms with Crippen molar-refractivity contribution in [2.75, 3.05) is 12.4 Å². The highest BCUT2D eigenvalue weighted by atomic mass is 79.9. The second-order valence-electron chi connectivity index (χ2n) is 4.43. The van der Waals surface area contributed by atoms with Crippen LogP contribution in [0.15, 0.2) is 57.9 Å². The number of carbonyl (C=O) groups is 1. The van der Waals surface area contributed by atoms with Gasteiger partial charge in [-0.15, -0.1) is 11.8 Å². The molecule has 4 heteroatoms. The summed E-state index contributed by atoms with van der Waals surface area (Å²) >= 11 is 5.11. The van der Waals surface area contributed by atoms with Crippen molar-refractivity contribution in [1.29, 1.82) is 0 Å². The summed E-state index contributed by atoms with van der Waals surface area (Å²) in [7, 11) is 0. The lowest BCUT2D eigenvalue weighted by Gasteiger charge is -2.05. The molecule has 0 atom stereocenters. The first-order valence-electron chi connectivity index (χ1n) is 6.83. The zero-order valence-corrected chi connectivity index (χ0v) is 14.2. The molecule has 0 saturated heterocycles. The Kier molecular flexibility index (Phi) is 6.33. The first-order chi connectivity index (χ1) is 10.2. The van der Waals surface area contributed by atoms with Crippen LogP contribution in [-0.4, -0.2) is 18.1 Å². The maximum Gasteiger partial charge on any atom is 0.163 e. The predicted molar refractivity (Wildman–Crippen MR) is 91.4 cm³/mol. The molecule has 0 radical (unpaired) electrons. The SMILES string of the molecule is CCOc1ccc(C(=O)CCSc2ccc(Br)cc2)cc1. The van der Waals surface area contributed by atoms with Crippen molar-refractivity contribution in [3.63, 3.8) is 0 Å². The lowest BCUT2D eigenvalue weighted by molar-refractivity contribution is 0.0989. The Hall–Kier alpha value is -1.26. The second kappa shape index (κ2) is 8.25. The van der Waals surface area contributed by atoms with Gasteiger partial charge in [0.2, 0.25) is 0 Å². The zero-order valence-electron chi connectivity index (χ0n) is 11.8. The quantitative estimate of drug-likeness (QED) is 0.498. The van der Waals surface area contributed by atoms with E-state index in [0.29, 0.717) is 13.0 Å². The first-order valence-corrected chi connectivity index (χ1v) is 8.61. The molecule has 2 rings (SSSR count). The molecule has 2 aromatic rings. The van der Waals surface area contributed by atoms with Crippen LogP contribution in [-0.2, 0) is 0 Å². The van der Waals surface area contributed by atoms with Crippen molar-refractivity contribution in [2.24, 2.45) is 0 Å². The van der Waals surface area contributed by atoms with Gasteiger partial charge in [0.15, 0.2) is 5.78 Å². The number of carbonyl (C=O) groups excluding carboxylic acids is 1. The van der Waals surface area contributed by atoms with Crippen LogP contribution in [0.2, 0.25) is 0 Å². The largest absolute Gasteiger partial charge is 0.494 e. The van der Waals surface area contributed by atoms with Crippen LogP contribution < -0.4 is 4.74 Å². The van der Waals surface area contributed by atoms with Crippen LogP contribution in [0.25, 0.3) is 0 Å². The van der Waals surface area contributed by atoms with Crippen molar-refractivity contribution in [1.82, 2.24) is 0 Å². The van der Waals surface area contributed by atoms with Gasteiger partial charge in [-0.1, -0.05) is 15.9 Å². The smallest absolute Gasteiger partial charge is 0.163 e. The molecule has 0 saturated carbocycles. The fraction of sp³-hybridized carbons (Fsp3) is 0.235. The fourth-order valence-corrected chi connectivity index (χ4v) is 2.96. The molecule has 0 amide bonds. The highest BCUT2D eigenvalue weighted by Crippen LogP contribution is 2.22. The molecule has 0 aliphatic carbocycles. The molecule has 0 aliphatic heterocycles. The molecular weight excluding hydrogens is 348 g/mol. The van der Waals surface area contributed by atoms with Gasteiger partial charge in [-0.3, -0.25) is 4.79 Å². The van der Waals surface area contributed by atoms with Gasteiger partial charge in [0.1, 0.15) is 5.75 Å². The van der Waals surface area contributed by atoms with Gasteiger partial charge in [0.05, 0.1) is 6.61 Å². The molecule has 2 aromatic carbocycles. The Balaban J connectivity index is 1.82. The molecule has 0 aromatic heterocycles. The van der Waals surface area contributed by atoms with Crippen LogP contribution in [0, 0.1) is 0 Å². The molecule has 0 bridgehead atoms. The lowest BCUT2D eigenvalue weighted by atomic mass is 10.1. The highest BCUT2D eigenvalue weighted by molar-refractivity contribution is 9.10. The number of Topliss-reactive ketones (excluding diaryl/α,β-unsaturated/α-hetero) is 1. The minimum Gasteiger partial charge on any atom is -0.494 e. The normalized spacial score (nSPS) is 10.4. The Morgan fingerprint density at radius 3 is 2.38 bits per heavy atom. The Morgan fingerprint density at radius 2 is 1.76 bits per heavy atom. The number of ketones is 1. The van der Waals surface area contributed by atoms with E-state index >= 15 is 0 Å². The fourth-order valence-electron chi connectivity index (χ4n) is 1.84. The maximum absolute atomic E-state index is 12.1. The summed E-state index contributed by atoms with van der Waals surface area (Å²) in [5, 5.41) is 0. The number of halogens is 1. The van der Waals surface area contributed by atoms with Crippen molar-refractivity contribution in [2.45, 2.75) is 18.2 Å². The average Bonchev–Trinajstić information content (AvgIpc) is 2.50. The van der Waals surface area contributed by atoms with E-state index in [2.05, 4.69) is 28.1 Å².